The van der Waals surface area contributed by atoms with Crippen molar-refractivity contribution in [3.05, 3.63) is 53.6 Å². The van der Waals surface area contributed by atoms with Gasteiger partial charge in [-0.15, -0.1) is 0 Å². The Balaban J connectivity index is 1.93. The van der Waals surface area contributed by atoms with E-state index < -0.39 is 28.5 Å². The Hall–Kier alpha value is -3.27. The molecule has 2 aromatic rings. The van der Waals surface area contributed by atoms with Crippen molar-refractivity contribution in [2.45, 2.75) is 46.7 Å². The van der Waals surface area contributed by atoms with Gasteiger partial charge in [-0.25, -0.2) is 8.42 Å². The lowest BCUT2D eigenvalue weighted by molar-refractivity contribution is -0.139. The van der Waals surface area contributed by atoms with Crippen LogP contribution in [0, 0.1) is 6.92 Å². The topological polar surface area (TPSA) is 105 Å². The van der Waals surface area contributed by atoms with E-state index in [1.165, 1.54) is 11.8 Å². The van der Waals surface area contributed by atoms with E-state index in [-0.39, 0.29) is 25.0 Å². The van der Waals surface area contributed by atoms with Crippen LogP contribution in [0.2, 0.25) is 0 Å². The predicted molar refractivity (Wildman–Crippen MR) is 134 cm³/mol. The van der Waals surface area contributed by atoms with Gasteiger partial charge in [-0.3, -0.25) is 13.9 Å². The van der Waals surface area contributed by atoms with Crippen LogP contribution in [0.5, 0.6) is 11.5 Å². The lowest BCUT2D eigenvalue weighted by Gasteiger charge is -2.32. The van der Waals surface area contributed by atoms with Gasteiger partial charge in [-0.1, -0.05) is 36.8 Å². The molecule has 2 aromatic carbocycles. The third kappa shape index (κ3) is 6.45. The number of ether oxygens (including phenoxy) is 2. The number of fused-ring (bicyclic) bond motifs is 1. The van der Waals surface area contributed by atoms with Crippen molar-refractivity contribution in [1.82, 2.24) is 10.2 Å². The number of anilines is 1. The maximum atomic E-state index is 13.6. The molecule has 0 aromatic heterocycles. The molecular formula is C25H33N3O6S. The molecule has 1 N–H and O–H groups in total. The van der Waals surface area contributed by atoms with Crippen molar-refractivity contribution in [3.8, 4) is 11.5 Å². The van der Waals surface area contributed by atoms with Gasteiger partial charge in [0.05, 0.1) is 11.4 Å². The highest BCUT2D eigenvalue weighted by atomic mass is 32.2. The van der Waals surface area contributed by atoms with E-state index in [1.54, 1.807) is 25.1 Å². The van der Waals surface area contributed by atoms with Crippen LogP contribution in [0.15, 0.2) is 42.5 Å². The predicted octanol–water partition coefficient (Wildman–Crippen LogP) is 2.82. The highest BCUT2D eigenvalue weighted by Gasteiger charge is 2.31. The number of benzene rings is 2. The normalized spacial score (nSPS) is 13.3. The second kappa shape index (κ2) is 11.4. The first-order valence-electron chi connectivity index (χ1n) is 11.7. The van der Waals surface area contributed by atoms with Crippen LogP contribution >= 0.6 is 0 Å². The van der Waals surface area contributed by atoms with Crippen LogP contribution in [-0.2, 0) is 26.2 Å². The van der Waals surface area contributed by atoms with Crippen molar-refractivity contribution in [2.75, 3.05) is 29.9 Å². The molecule has 0 fully saturated rings. The number of nitrogens with one attached hydrogen (secondary N) is 1. The van der Waals surface area contributed by atoms with Crippen molar-refractivity contribution < 1.29 is 27.5 Å². The Morgan fingerprint density at radius 3 is 2.51 bits per heavy atom. The summed E-state index contributed by atoms with van der Waals surface area (Å²) in [6, 6.07) is 11.6. The van der Waals surface area contributed by atoms with Crippen LogP contribution in [-0.4, -0.2) is 56.8 Å². The minimum atomic E-state index is -3.81. The zero-order chi connectivity index (χ0) is 25.6. The molecule has 0 radical (unpaired) electrons. The van der Waals surface area contributed by atoms with Gasteiger partial charge in [0.15, 0.2) is 11.5 Å². The van der Waals surface area contributed by atoms with E-state index in [0.717, 1.165) is 21.9 Å². The van der Waals surface area contributed by atoms with Crippen molar-refractivity contribution in [2.24, 2.45) is 0 Å². The molecular weight excluding hydrogens is 470 g/mol. The minimum absolute atomic E-state index is 0.0485. The zero-order valence-corrected chi connectivity index (χ0v) is 21.4. The Morgan fingerprint density at radius 2 is 1.83 bits per heavy atom. The van der Waals surface area contributed by atoms with E-state index in [2.05, 4.69) is 5.32 Å². The molecule has 3 rings (SSSR count). The summed E-state index contributed by atoms with van der Waals surface area (Å²) in [5.74, 6) is -0.0494. The number of amides is 2. The van der Waals surface area contributed by atoms with Gasteiger partial charge in [0.25, 0.3) is 0 Å². The quantitative estimate of drug-likeness (QED) is 0.506. The molecule has 9 nitrogen and oxygen atoms in total. The molecule has 0 aliphatic carbocycles. The van der Waals surface area contributed by atoms with Gasteiger partial charge >= 0.3 is 0 Å². The van der Waals surface area contributed by atoms with Gasteiger partial charge in [0.2, 0.25) is 28.6 Å². The van der Waals surface area contributed by atoms with E-state index in [1.807, 2.05) is 38.1 Å². The van der Waals surface area contributed by atoms with Gasteiger partial charge in [0, 0.05) is 19.2 Å². The fourth-order valence-electron chi connectivity index (χ4n) is 3.75. The smallest absolute Gasteiger partial charge is 0.244 e. The SMILES string of the molecule is CCCNC(=O)C(C)N(Cc1cccc(C)c1)C(=O)CN(c1ccc2c(c1)OCO2)S(=O)(=O)CC. The second-order valence-corrected chi connectivity index (χ2v) is 10.6. The highest BCUT2D eigenvalue weighted by molar-refractivity contribution is 7.92. The number of aryl methyl sites for hydroxylation is 1. The number of hydrogen-bond acceptors (Lipinski definition) is 6. The van der Waals surface area contributed by atoms with Gasteiger partial charge in [0.1, 0.15) is 12.6 Å². The van der Waals surface area contributed by atoms with E-state index in [9.17, 15) is 18.0 Å². The molecule has 35 heavy (non-hydrogen) atoms. The zero-order valence-electron chi connectivity index (χ0n) is 20.6. The van der Waals surface area contributed by atoms with E-state index in [0.29, 0.717) is 23.7 Å². The average molecular weight is 504 g/mol. The van der Waals surface area contributed by atoms with Crippen LogP contribution in [0.3, 0.4) is 0 Å². The van der Waals surface area contributed by atoms with Gasteiger partial charge in [-0.2, -0.15) is 0 Å². The first-order valence-corrected chi connectivity index (χ1v) is 13.3. The summed E-state index contributed by atoms with van der Waals surface area (Å²) in [5, 5.41) is 2.82. The van der Waals surface area contributed by atoms with Gasteiger partial charge in [-0.05, 0) is 44.9 Å². The molecule has 1 unspecified atom stereocenters. The van der Waals surface area contributed by atoms with Crippen molar-refractivity contribution in [1.29, 1.82) is 0 Å². The highest BCUT2D eigenvalue weighted by Crippen LogP contribution is 2.36. The Morgan fingerprint density at radius 1 is 1.09 bits per heavy atom. The van der Waals surface area contributed by atoms with Crippen LogP contribution in [0.4, 0.5) is 5.69 Å². The summed E-state index contributed by atoms with van der Waals surface area (Å²) in [5.41, 5.74) is 2.16. The summed E-state index contributed by atoms with van der Waals surface area (Å²) < 4.78 is 37.8. The maximum Gasteiger partial charge on any atom is 0.244 e. The van der Waals surface area contributed by atoms with Crippen molar-refractivity contribution in [3.63, 3.8) is 0 Å². The fraction of sp³-hybridized carbons (Fsp3) is 0.440. The van der Waals surface area contributed by atoms with E-state index >= 15 is 0 Å². The van der Waals surface area contributed by atoms with Crippen LogP contribution in [0.1, 0.15) is 38.3 Å². The number of rotatable bonds is 11. The molecule has 0 saturated carbocycles. The first-order chi connectivity index (χ1) is 16.7. The lowest BCUT2D eigenvalue weighted by Crippen LogP contribution is -2.51. The Bertz CT molecular complexity index is 1170. The molecule has 2 amide bonds. The molecule has 1 heterocycles. The molecule has 10 heteroatoms. The summed E-state index contributed by atoms with van der Waals surface area (Å²) >= 11 is 0. The Kier molecular flexibility index (Phi) is 8.61. The van der Waals surface area contributed by atoms with Crippen molar-refractivity contribution >= 4 is 27.5 Å². The first kappa shape index (κ1) is 26.3. The molecule has 1 aliphatic rings. The molecule has 1 aliphatic heterocycles. The Labute approximate surface area is 207 Å². The molecule has 0 spiro atoms. The standard InChI is InChI=1S/C25H33N3O6S/c1-5-12-26-25(30)19(4)27(15-20-9-7-8-18(3)13-20)24(29)16-28(35(31,32)6-2)21-10-11-22-23(14-21)34-17-33-22/h7-11,13-14,19H,5-6,12,15-17H2,1-4H3,(H,26,30). The largest absolute Gasteiger partial charge is 0.454 e. The van der Waals surface area contributed by atoms with Crippen LogP contribution in [0.25, 0.3) is 0 Å². The summed E-state index contributed by atoms with van der Waals surface area (Å²) in [4.78, 5) is 27.8. The molecule has 0 saturated heterocycles. The third-order valence-corrected chi connectivity index (χ3v) is 7.52. The summed E-state index contributed by atoms with van der Waals surface area (Å²) in [7, 11) is -3.81. The average Bonchev–Trinajstić information content (AvgIpc) is 3.31. The molecule has 0 bridgehead atoms. The van der Waals surface area contributed by atoms with E-state index in [4.69, 9.17) is 9.47 Å². The molecule has 1 atom stereocenters. The number of carbonyl (C=O) groups excluding carboxylic acids is 2. The second-order valence-electron chi connectivity index (χ2n) is 8.42. The fourth-order valence-corrected chi connectivity index (χ4v) is 4.80. The maximum absolute atomic E-state index is 13.6. The number of sulfonamides is 1. The monoisotopic (exact) mass is 503 g/mol. The molecule has 190 valence electrons. The summed E-state index contributed by atoms with van der Waals surface area (Å²) in [6.07, 6.45) is 0.761. The summed E-state index contributed by atoms with van der Waals surface area (Å²) in [6.45, 7) is 7.32. The van der Waals surface area contributed by atoms with Gasteiger partial charge < -0.3 is 19.7 Å². The minimum Gasteiger partial charge on any atom is -0.454 e. The number of nitrogens with zero attached hydrogens (tertiary/aromatic N) is 2. The lowest BCUT2D eigenvalue weighted by atomic mass is 10.1. The number of hydrogen-bond donors (Lipinski definition) is 1. The van der Waals surface area contributed by atoms with Crippen LogP contribution < -0.4 is 19.1 Å². The number of carbonyl (C=O) groups is 2. The third-order valence-electron chi connectivity index (χ3n) is 5.78.